The Bertz CT molecular complexity index is 617. The molecular formula is C24H39N3O3. The lowest BCUT2D eigenvalue weighted by Gasteiger charge is -2.55. The summed E-state index contributed by atoms with van der Waals surface area (Å²) in [5, 5.41) is 6.22. The zero-order valence-electron chi connectivity index (χ0n) is 18.4. The highest BCUT2D eigenvalue weighted by atomic mass is 16.5. The largest absolute Gasteiger partial charge is 0.379 e. The molecule has 0 aromatic rings. The number of ether oxygens (including phenoxy) is 1. The van der Waals surface area contributed by atoms with Crippen molar-refractivity contribution in [3.05, 3.63) is 0 Å². The van der Waals surface area contributed by atoms with E-state index in [1.165, 1.54) is 38.5 Å². The predicted molar refractivity (Wildman–Crippen MR) is 115 cm³/mol. The number of nitrogens with zero attached hydrogens (tertiary/aromatic N) is 1. The fourth-order valence-electron chi connectivity index (χ4n) is 7.91. The average molecular weight is 418 g/mol. The van der Waals surface area contributed by atoms with Crippen molar-refractivity contribution >= 4 is 11.8 Å². The van der Waals surface area contributed by atoms with Crippen LogP contribution < -0.4 is 10.6 Å². The molecule has 5 aliphatic carbocycles. The summed E-state index contributed by atoms with van der Waals surface area (Å²) in [5.41, 5.74) is -0.102. The van der Waals surface area contributed by atoms with E-state index in [1.807, 2.05) is 0 Å². The molecule has 1 aliphatic heterocycles. The molecule has 0 aromatic carbocycles. The molecule has 0 atom stereocenters. The van der Waals surface area contributed by atoms with Crippen molar-refractivity contribution in [3.63, 3.8) is 0 Å². The van der Waals surface area contributed by atoms with Crippen LogP contribution in [0, 0.1) is 23.2 Å². The van der Waals surface area contributed by atoms with E-state index in [2.05, 4.69) is 15.5 Å². The van der Waals surface area contributed by atoms with Gasteiger partial charge in [0, 0.05) is 30.6 Å². The summed E-state index contributed by atoms with van der Waals surface area (Å²) >= 11 is 0. The minimum Gasteiger partial charge on any atom is -0.379 e. The number of rotatable bonds is 6. The summed E-state index contributed by atoms with van der Waals surface area (Å²) in [4.78, 5) is 28.3. The van der Waals surface area contributed by atoms with Crippen LogP contribution in [0.5, 0.6) is 0 Å². The maximum Gasteiger partial charge on any atom is 0.239 e. The van der Waals surface area contributed by atoms with Gasteiger partial charge in [-0.25, -0.2) is 0 Å². The van der Waals surface area contributed by atoms with E-state index in [-0.39, 0.29) is 29.3 Å². The fraction of sp³-hybridized carbons (Fsp3) is 0.917. The first kappa shape index (κ1) is 20.7. The molecule has 2 N–H and O–H groups in total. The second kappa shape index (κ2) is 8.42. The highest BCUT2D eigenvalue weighted by molar-refractivity contribution is 5.88. The molecule has 6 rings (SSSR count). The first-order chi connectivity index (χ1) is 14.6. The van der Waals surface area contributed by atoms with E-state index >= 15 is 0 Å². The highest BCUT2D eigenvalue weighted by Crippen LogP contribution is 2.60. The molecule has 168 valence electrons. The Hall–Kier alpha value is -1.14. The molecule has 30 heavy (non-hydrogen) atoms. The number of amides is 2. The standard InChI is InChI=1S/C24H39N3O3/c28-21(26-17-24(4-2-1-3-5-24)27-6-8-30-9-7-27)16-25-22(29)23-13-18-10-19(14-23)12-20(11-18)15-23/h18-20H,1-17H2,(H,25,29)(H,26,28). The topological polar surface area (TPSA) is 70.7 Å². The van der Waals surface area contributed by atoms with Crippen LogP contribution in [-0.4, -0.2) is 61.6 Å². The van der Waals surface area contributed by atoms with Gasteiger partial charge in [0.25, 0.3) is 0 Å². The number of nitrogens with one attached hydrogen (secondary N) is 2. The summed E-state index contributed by atoms with van der Waals surface area (Å²) < 4.78 is 5.55. The Balaban J connectivity index is 1.14. The number of carbonyl (C=O) groups excluding carboxylic acids is 2. The van der Waals surface area contributed by atoms with Crippen LogP contribution in [0.15, 0.2) is 0 Å². The summed E-state index contributed by atoms with van der Waals surface area (Å²) in [6.07, 6.45) is 13.2. The SMILES string of the molecule is O=C(CNC(=O)C12CC3CC(CC(C3)C1)C2)NCC1(N2CCOCC2)CCCCC1. The van der Waals surface area contributed by atoms with E-state index in [4.69, 9.17) is 4.74 Å². The molecule has 6 fully saturated rings. The number of hydrogen-bond donors (Lipinski definition) is 2. The van der Waals surface area contributed by atoms with Crippen LogP contribution in [0.25, 0.3) is 0 Å². The number of hydrogen-bond acceptors (Lipinski definition) is 4. The quantitative estimate of drug-likeness (QED) is 0.697. The highest BCUT2D eigenvalue weighted by Gasteiger charge is 2.54. The minimum atomic E-state index is -0.173. The molecule has 6 nitrogen and oxygen atoms in total. The molecule has 1 saturated heterocycles. The third-order valence-corrected chi connectivity index (χ3v) is 9.01. The van der Waals surface area contributed by atoms with E-state index in [1.54, 1.807) is 0 Å². The number of morpholine rings is 1. The zero-order chi connectivity index (χ0) is 20.6. The van der Waals surface area contributed by atoms with Gasteiger partial charge < -0.3 is 15.4 Å². The Morgan fingerprint density at radius 1 is 0.867 bits per heavy atom. The van der Waals surface area contributed by atoms with Crippen molar-refractivity contribution in [1.29, 1.82) is 0 Å². The molecule has 1 heterocycles. The first-order valence-corrected chi connectivity index (χ1v) is 12.4. The van der Waals surface area contributed by atoms with Crippen molar-refractivity contribution in [2.75, 3.05) is 39.4 Å². The minimum absolute atomic E-state index is 0.0358. The fourth-order valence-corrected chi connectivity index (χ4v) is 7.91. The Morgan fingerprint density at radius 3 is 2.07 bits per heavy atom. The van der Waals surface area contributed by atoms with Gasteiger partial charge in [-0.1, -0.05) is 19.3 Å². The van der Waals surface area contributed by atoms with Crippen LogP contribution in [-0.2, 0) is 14.3 Å². The van der Waals surface area contributed by atoms with Crippen LogP contribution in [0.3, 0.4) is 0 Å². The van der Waals surface area contributed by atoms with Gasteiger partial charge in [-0.3, -0.25) is 14.5 Å². The molecule has 2 amide bonds. The van der Waals surface area contributed by atoms with Crippen LogP contribution in [0.1, 0.15) is 70.6 Å². The maximum atomic E-state index is 13.1. The van der Waals surface area contributed by atoms with Crippen LogP contribution in [0.4, 0.5) is 0 Å². The van der Waals surface area contributed by atoms with Crippen molar-refractivity contribution in [2.45, 2.75) is 76.2 Å². The third-order valence-electron chi connectivity index (χ3n) is 9.01. The maximum absolute atomic E-state index is 13.1. The van der Waals surface area contributed by atoms with Crippen molar-refractivity contribution in [3.8, 4) is 0 Å². The Morgan fingerprint density at radius 2 is 1.47 bits per heavy atom. The van der Waals surface area contributed by atoms with Gasteiger partial charge in [0.15, 0.2) is 0 Å². The monoisotopic (exact) mass is 417 g/mol. The van der Waals surface area contributed by atoms with Crippen molar-refractivity contribution in [1.82, 2.24) is 15.5 Å². The molecule has 4 bridgehead atoms. The van der Waals surface area contributed by atoms with E-state index in [0.717, 1.165) is 76.2 Å². The van der Waals surface area contributed by atoms with Gasteiger partial charge in [-0.2, -0.15) is 0 Å². The Kier molecular flexibility index (Phi) is 5.82. The average Bonchev–Trinajstić information content (AvgIpc) is 2.76. The third kappa shape index (κ3) is 4.02. The molecule has 6 heteroatoms. The molecule has 0 spiro atoms. The number of carbonyl (C=O) groups is 2. The summed E-state index contributed by atoms with van der Waals surface area (Å²) in [5.74, 6) is 2.35. The van der Waals surface area contributed by atoms with Crippen LogP contribution >= 0.6 is 0 Å². The molecule has 5 saturated carbocycles. The predicted octanol–water partition coefficient (Wildman–Crippen LogP) is 2.47. The molecule has 0 radical (unpaired) electrons. The van der Waals surface area contributed by atoms with E-state index < -0.39 is 0 Å². The van der Waals surface area contributed by atoms with Crippen molar-refractivity contribution in [2.24, 2.45) is 23.2 Å². The molecule has 0 unspecified atom stereocenters. The smallest absolute Gasteiger partial charge is 0.239 e. The van der Waals surface area contributed by atoms with Gasteiger partial charge in [0.1, 0.15) is 0 Å². The normalized spacial score (nSPS) is 37.7. The lowest BCUT2D eigenvalue weighted by molar-refractivity contribution is -0.147. The van der Waals surface area contributed by atoms with Gasteiger partial charge in [-0.05, 0) is 69.1 Å². The lowest BCUT2D eigenvalue weighted by atomic mass is 9.49. The summed E-state index contributed by atoms with van der Waals surface area (Å²) in [6, 6.07) is 0. The van der Waals surface area contributed by atoms with Crippen LogP contribution in [0.2, 0.25) is 0 Å². The van der Waals surface area contributed by atoms with Gasteiger partial charge >= 0.3 is 0 Å². The van der Waals surface area contributed by atoms with Gasteiger partial charge in [0.2, 0.25) is 11.8 Å². The van der Waals surface area contributed by atoms with Gasteiger partial charge in [0.05, 0.1) is 19.8 Å². The summed E-state index contributed by atoms with van der Waals surface area (Å²) in [6.45, 7) is 4.31. The second-order valence-electron chi connectivity index (χ2n) is 11.0. The second-order valence-corrected chi connectivity index (χ2v) is 11.0. The molecule has 6 aliphatic rings. The molecule has 0 aromatic heterocycles. The molecular weight excluding hydrogens is 378 g/mol. The van der Waals surface area contributed by atoms with Gasteiger partial charge in [-0.15, -0.1) is 0 Å². The first-order valence-electron chi connectivity index (χ1n) is 12.4. The Labute approximate surface area is 180 Å². The van der Waals surface area contributed by atoms with E-state index in [9.17, 15) is 9.59 Å². The lowest BCUT2D eigenvalue weighted by Crippen LogP contribution is -2.60. The zero-order valence-corrected chi connectivity index (χ0v) is 18.4. The van der Waals surface area contributed by atoms with Crippen molar-refractivity contribution < 1.29 is 14.3 Å². The van der Waals surface area contributed by atoms with E-state index in [0.29, 0.717) is 6.54 Å². The summed E-state index contributed by atoms with van der Waals surface area (Å²) in [7, 11) is 0.